The molecule has 1 heterocycles. The minimum Gasteiger partial charge on any atom is -0.465 e. The smallest absolute Gasteiger partial charge is 0.337 e. The van der Waals surface area contributed by atoms with Crippen LogP contribution in [0.2, 0.25) is 0 Å². The number of hydrogen-bond acceptors (Lipinski definition) is 5. The first-order chi connectivity index (χ1) is 13.2. The fraction of sp³-hybridized carbons (Fsp3) is 0.381. The van der Waals surface area contributed by atoms with Crippen LogP contribution in [0.25, 0.3) is 0 Å². The molecule has 1 aliphatic carbocycles. The van der Waals surface area contributed by atoms with Gasteiger partial charge in [-0.2, -0.15) is 0 Å². The minimum absolute atomic E-state index is 0.124. The van der Waals surface area contributed by atoms with E-state index in [2.05, 4.69) is 15.6 Å². The quantitative estimate of drug-likeness (QED) is 0.615. The van der Waals surface area contributed by atoms with Crippen molar-refractivity contribution in [2.75, 3.05) is 12.4 Å². The van der Waals surface area contributed by atoms with E-state index in [1.165, 1.54) is 32.8 Å². The summed E-state index contributed by atoms with van der Waals surface area (Å²) in [5.74, 6) is -0.511. The minimum atomic E-state index is -0.387. The van der Waals surface area contributed by atoms with E-state index in [0.717, 1.165) is 24.2 Å². The van der Waals surface area contributed by atoms with Crippen molar-refractivity contribution in [2.24, 2.45) is 0 Å². The highest BCUT2D eigenvalue weighted by Crippen LogP contribution is 2.19. The van der Waals surface area contributed by atoms with Crippen LogP contribution in [0, 0.1) is 0 Å². The molecule has 0 unspecified atom stereocenters. The molecule has 2 N–H and O–H groups in total. The number of methoxy groups -OCH3 is 1. The number of benzene rings is 1. The molecule has 0 aliphatic heterocycles. The lowest BCUT2D eigenvalue weighted by molar-refractivity contribution is 0.0600. The lowest BCUT2D eigenvalue weighted by Crippen LogP contribution is -2.34. The van der Waals surface area contributed by atoms with Gasteiger partial charge in [-0.25, -0.2) is 9.78 Å². The van der Waals surface area contributed by atoms with Gasteiger partial charge in [0.1, 0.15) is 5.69 Å². The second kappa shape index (κ2) is 9.16. The third-order valence-electron chi connectivity index (χ3n) is 4.76. The van der Waals surface area contributed by atoms with Gasteiger partial charge in [0.15, 0.2) is 0 Å². The molecule has 0 saturated heterocycles. The van der Waals surface area contributed by atoms with Crippen molar-refractivity contribution in [1.82, 2.24) is 10.3 Å². The predicted octanol–water partition coefficient (Wildman–Crippen LogP) is 4.06. The second-order valence-electron chi connectivity index (χ2n) is 6.79. The summed E-state index contributed by atoms with van der Waals surface area (Å²) in [5, 5.41) is 6.27. The lowest BCUT2D eigenvalue weighted by atomic mass is 10.1. The van der Waals surface area contributed by atoms with Gasteiger partial charge in [-0.15, -0.1) is 0 Å². The summed E-state index contributed by atoms with van der Waals surface area (Å²) in [6.45, 7) is 0. The maximum Gasteiger partial charge on any atom is 0.337 e. The van der Waals surface area contributed by atoms with E-state index in [1.807, 2.05) is 6.07 Å². The summed E-state index contributed by atoms with van der Waals surface area (Å²) in [6, 6.07) is 10.8. The van der Waals surface area contributed by atoms with Crippen molar-refractivity contribution in [3.05, 3.63) is 53.9 Å². The predicted molar refractivity (Wildman–Crippen MR) is 104 cm³/mol. The Labute approximate surface area is 159 Å². The maximum atomic E-state index is 12.4. The molecule has 1 saturated carbocycles. The van der Waals surface area contributed by atoms with E-state index in [9.17, 15) is 9.59 Å². The number of rotatable bonds is 5. The number of anilines is 2. The average molecular weight is 367 g/mol. The SMILES string of the molecule is COC(=O)c1cccc(Nc2ccc(C(=O)NC3CCCCCC3)nc2)c1. The third kappa shape index (κ3) is 5.29. The molecule has 1 aromatic carbocycles. The number of amides is 1. The Balaban J connectivity index is 1.61. The van der Waals surface area contributed by atoms with Crippen LogP contribution < -0.4 is 10.6 Å². The number of pyridine rings is 1. The Morgan fingerprint density at radius 3 is 2.48 bits per heavy atom. The van der Waals surface area contributed by atoms with Gasteiger partial charge < -0.3 is 15.4 Å². The van der Waals surface area contributed by atoms with E-state index in [1.54, 1.807) is 36.5 Å². The van der Waals surface area contributed by atoms with E-state index in [-0.39, 0.29) is 17.9 Å². The van der Waals surface area contributed by atoms with Crippen molar-refractivity contribution in [2.45, 2.75) is 44.6 Å². The zero-order valence-corrected chi connectivity index (χ0v) is 15.5. The highest BCUT2D eigenvalue weighted by molar-refractivity contribution is 5.93. The van der Waals surface area contributed by atoms with Gasteiger partial charge in [-0.05, 0) is 43.2 Å². The first kappa shape index (κ1) is 18.9. The molecule has 1 aromatic heterocycles. The molecule has 1 aliphatic rings. The highest BCUT2D eigenvalue weighted by atomic mass is 16.5. The summed E-state index contributed by atoms with van der Waals surface area (Å²) in [6.07, 6.45) is 8.55. The standard InChI is InChI=1S/C21H25N3O3/c1-27-21(26)15-7-6-10-17(13-15)23-18-11-12-19(22-14-18)20(25)24-16-8-4-2-3-5-9-16/h6-7,10-14,16,23H,2-5,8-9H2,1H3,(H,24,25). The summed E-state index contributed by atoms with van der Waals surface area (Å²) in [4.78, 5) is 28.3. The largest absolute Gasteiger partial charge is 0.465 e. The van der Waals surface area contributed by atoms with E-state index < -0.39 is 0 Å². The summed E-state index contributed by atoms with van der Waals surface area (Å²) in [7, 11) is 1.35. The van der Waals surface area contributed by atoms with Gasteiger partial charge in [0.05, 0.1) is 24.6 Å². The van der Waals surface area contributed by atoms with Crippen LogP contribution in [0.3, 0.4) is 0 Å². The number of carbonyl (C=O) groups is 2. The molecule has 1 fully saturated rings. The topological polar surface area (TPSA) is 80.3 Å². The van der Waals surface area contributed by atoms with Crippen LogP contribution in [0.15, 0.2) is 42.6 Å². The molecule has 27 heavy (non-hydrogen) atoms. The summed E-state index contributed by atoms with van der Waals surface area (Å²) in [5.41, 5.74) is 2.36. The second-order valence-corrected chi connectivity index (χ2v) is 6.79. The van der Waals surface area contributed by atoms with Crippen LogP contribution in [0.4, 0.5) is 11.4 Å². The van der Waals surface area contributed by atoms with E-state index in [0.29, 0.717) is 11.3 Å². The Morgan fingerprint density at radius 2 is 1.81 bits per heavy atom. The summed E-state index contributed by atoms with van der Waals surface area (Å²) < 4.78 is 4.73. The monoisotopic (exact) mass is 367 g/mol. The van der Waals surface area contributed by atoms with Gasteiger partial charge >= 0.3 is 5.97 Å². The van der Waals surface area contributed by atoms with Crippen LogP contribution in [0.1, 0.15) is 59.4 Å². The van der Waals surface area contributed by atoms with Crippen molar-refractivity contribution in [3.8, 4) is 0 Å². The number of nitrogens with one attached hydrogen (secondary N) is 2. The molecule has 0 spiro atoms. The number of aromatic nitrogens is 1. The Morgan fingerprint density at radius 1 is 1.04 bits per heavy atom. The highest BCUT2D eigenvalue weighted by Gasteiger charge is 2.16. The average Bonchev–Trinajstić information content (AvgIpc) is 2.97. The van der Waals surface area contributed by atoms with Gasteiger partial charge in [0.2, 0.25) is 0 Å². The van der Waals surface area contributed by atoms with Gasteiger partial charge in [-0.1, -0.05) is 31.7 Å². The fourth-order valence-electron chi connectivity index (χ4n) is 3.29. The van der Waals surface area contributed by atoms with E-state index in [4.69, 9.17) is 4.74 Å². The number of ether oxygens (including phenoxy) is 1. The molecule has 0 bridgehead atoms. The van der Waals surface area contributed by atoms with E-state index >= 15 is 0 Å². The molecule has 0 radical (unpaired) electrons. The van der Waals surface area contributed by atoms with Crippen LogP contribution in [-0.4, -0.2) is 30.0 Å². The third-order valence-corrected chi connectivity index (χ3v) is 4.76. The van der Waals surface area contributed by atoms with Gasteiger partial charge in [0.25, 0.3) is 5.91 Å². The molecule has 142 valence electrons. The normalized spacial score (nSPS) is 14.9. The Hall–Kier alpha value is -2.89. The van der Waals surface area contributed by atoms with Gasteiger partial charge in [-0.3, -0.25) is 4.79 Å². The molecule has 2 aromatic rings. The van der Waals surface area contributed by atoms with Crippen LogP contribution in [0.5, 0.6) is 0 Å². The summed E-state index contributed by atoms with van der Waals surface area (Å²) >= 11 is 0. The molecule has 3 rings (SSSR count). The zero-order chi connectivity index (χ0) is 19.1. The van der Waals surface area contributed by atoms with Crippen molar-refractivity contribution >= 4 is 23.3 Å². The first-order valence-corrected chi connectivity index (χ1v) is 9.38. The van der Waals surface area contributed by atoms with Crippen LogP contribution in [-0.2, 0) is 4.74 Å². The maximum absolute atomic E-state index is 12.4. The van der Waals surface area contributed by atoms with Crippen molar-refractivity contribution in [3.63, 3.8) is 0 Å². The van der Waals surface area contributed by atoms with Crippen molar-refractivity contribution in [1.29, 1.82) is 0 Å². The van der Waals surface area contributed by atoms with Gasteiger partial charge in [0, 0.05) is 11.7 Å². The molecule has 1 amide bonds. The number of esters is 1. The number of carbonyl (C=O) groups excluding carboxylic acids is 2. The Bertz CT molecular complexity index is 782. The fourth-order valence-corrected chi connectivity index (χ4v) is 3.29. The molecule has 6 nitrogen and oxygen atoms in total. The number of nitrogens with zero attached hydrogens (tertiary/aromatic N) is 1. The zero-order valence-electron chi connectivity index (χ0n) is 15.5. The van der Waals surface area contributed by atoms with Crippen LogP contribution >= 0.6 is 0 Å². The molecular weight excluding hydrogens is 342 g/mol. The van der Waals surface area contributed by atoms with Crippen molar-refractivity contribution < 1.29 is 14.3 Å². The first-order valence-electron chi connectivity index (χ1n) is 9.38. The molecular formula is C21H25N3O3. The molecule has 6 heteroatoms. The number of hydrogen-bond donors (Lipinski definition) is 2. The Kier molecular flexibility index (Phi) is 6.41. The lowest BCUT2D eigenvalue weighted by Gasteiger charge is -2.16. The molecule has 0 atom stereocenters.